The zero-order valence-corrected chi connectivity index (χ0v) is 12.3. The first-order valence-corrected chi connectivity index (χ1v) is 6.74. The third kappa shape index (κ3) is 3.63. The molecule has 104 valence electrons. The van der Waals surface area contributed by atoms with Crippen molar-refractivity contribution in [2.75, 3.05) is 0 Å². The molecule has 0 saturated carbocycles. The minimum atomic E-state index is -0.921. The lowest BCUT2D eigenvalue weighted by molar-refractivity contribution is 0.0950. The molecule has 0 radical (unpaired) electrons. The van der Waals surface area contributed by atoms with Crippen LogP contribution < -0.4 is 5.32 Å². The fraction of sp³-hybridized carbons (Fsp3) is 0.133. The van der Waals surface area contributed by atoms with E-state index >= 15 is 0 Å². The van der Waals surface area contributed by atoms with Gasteiger partial charge in [0.1, 0.15) is 0 Å². The van der Waals surface area contributed by atoms with Gasteiger partial charge in [0.25, 0.3) is 5.91 Å². The number of hydrogen-bond donors (Lipinski definition) is 1. The van der Waals surface area contributed by atoms with E-state index in [-0.39, 0.29) is 12.5 Å². The zero-order valence-electron chi connectivity index (χ0n) is 10.7. The van der Waals surface area contributed by atoms with Gasteiger partial charge >= 0.3 is 0 Å². The standard InChI is InChI=1S/C15H12BrF2NO/c1-9-4-11(7-12(16)5-9)15(20)19-8-10-2-3-13(17)14(18)6-10/h2-7H,8H2,1H3,(H,19,20). The van der Waals surface area contributed by atoms with E-state index in [4.69, 9.17) is 0 Å². The number of nitrogens with one attached hydrogen (secondary N) is 1. The quantitative estimate of drug-likeness (QED) is 0.900. The Morgan fingerprint density at radius 1 is 1.15 bits per heavy atom. The van der Waals surface area contributed by atoms with Crippen molar-refractivity contribution < 1.29 is 13.6 Å². The molecule has 2 nitrogen and oxygen atoms in total. The molecule has 0 aromatic heterocycles. The topological polar surface area (TPSA) is 29.1 Å². The molecule has 20 heavy (non-hydrogen) atoms. The second kappa shape index (κ2) is 6.13. The molecule has 2 rings (SSSR count). The van der Waals surface area contributed by atoms with E-state index in [2.05, 4.69) is 21.2 Å². The Morgan fingerprint density at radius 3 is 2.55 bits per heavy atom. The second-order valence-corrected chi connectivity index (χ2v) is 5.36. The van der Waals surface area contributed by atoms with Crippen molar-refractivity contribution in [3.8, 4) is 0 Å². The fourth-order valence-electron chi connectivity index (χ4n) is 1.80. The molecule has 0 aliphatic heterocycles. The molecule has 0 unspecified atom stereocenters. The van der Waals surface area contributed by atoms with Crippen LogP contribution in [0.3, 0.4) is 0 Å². The minimum Gasteiger partial charge on any atom is -0.348 e. The molecule has 0 bridgehead atoms. The summed E-state index contributed by atoms with van der Waals surface area (Å²) in [5.41, 5.74) is 1.97. The zero-order chi connectivity index (χ0) is 14.7. The Morgan fingerprint density at radius 2 is 1.90 bits per heavy atom. The van der Waals surface area contributed by atoms with Gasteiger partial charge in [-0.05, 0) is 48.4 Å². The molecule has 0 heterocycles. The highest BCUT2D eigenvalue weighted by atomic mass is 79.9. The number of carbonyl (C=O) groups excluding carboxylic acids is 1. The third-order valence-electron chi connectivity index (χ3n) is 2.74. The average Bonchev–Trinajstić information content (AvgIpc) is 2.38. The summed E-state index contributed by atoms with van der Waals surface area (Å²) in [7, 11) is 0. The maximum absolute atomic E-state index is 13.0. The highest BCUT2D eigenvalue weighted by Crippen LogP contribution is 2.15. The van der Waals surface area contributed by atoms with Crippen molar-refractivity contribution in [2.24, 2.45) is 0 Å². The number of benzene rings is 2. The molecule has 2 aromatic carbocycles. The van der Waals surface area contributed by atoms with E-state index in [1.807, 2.05) is 13.0 Å². The van der Waals surface area contributed by atoms with Gasteiger partial charge in [-0.15, -0.1) is 0 Å². The monoisotopic (exact) mass is 339 g/mol. The molecule has 0 fully saturated rings. The molecule has 0 spiro atoms. The first-order chi connectivity index (χ1) is 9.45. The number of carbonyl (C=O) groups is 1. The molecule has 1 amide bonds. The van der Waals surface area contributed by atoms with Crippen LogP contribution in [0.25, 0.3) is 0 Å². The summed E-state index contributed by atoms with van der Waals surface area (Å²) in [6.45, 7) is 2.03. The van der Waals surface area contributed by atoms with Gasteiger partial charge in [-0.25, -0.2) is 8.78 Å². The number of amides is 1. The highest BCUT2D eigenvalue weighted by molar-refractivity contribution is 9.10. The lowest BCUT2D eigenvalue weighted by Gasteiger charge is -2.07. The summed E-state index contributed by atoms with van der Waals surface area (Å²) in [6.07, 6.45) is 0. The molecular weight excluding hydrogens is 328 g/mol. The summed E-state index contributed by atoms with van der Waals surface area (Å²) in [4.78, 5) is 12.0. The average molecular weight is 340 g/mol. The van der Waals surface area contributed by atoms with Crippen LogP contribution in [0.4, 0.5) is 8.78 Å². The van der Waals surface area contributed by atoms with E-state index in [9.17, 15) is 13.6 Å². The van der Waals surface area contributed by atoms with Gasteiger partial charge in [0.2, 0.25) is 0 Å². The van der Waals surface area contributed by atoms with Gasteiger partial charge in [-0.2, -0.15) is 0 Å². The smallest absolute Gasteiger partial charge is 0.251 e. The first-order valence-electron chi connectivity index (χ1n) is 5.95. The SMILES string of the molecule is Cc1cc(Br)cc(C(=O)NCc2ccc(F)c(F)c2)c1. The Labute approximate surface area is 123 Å². The van der Waals surface area contributed by atoms with Crippen molar-refractivity contribution in [3.63, 3.8) is 0 Å². The molecular formula is C15H12BrF2NO. The van der Waals surface area contributed by atoms with E-state index in [0.717, 1.165) is 22.2 Å². The van der Waals surface area contributed by atoms with Gasteiger partial charge in [-0.1, -0.05) is 22.0 Å². The van der Waals surface area contributed by atoms with E-state index in [1.54, 1.807) is 12.1 Å². The minimum absolute atomic E-state index is 0.140. The third-order valence-corrected chi connectivity index (χ3v) is 3.20. The lowest BCUT2D eigenvalue weighted by atomic mass is 10.1. The molecule has 2 aromatic rings. The van der Waals surface area contributed by atoms with Gasteiger partial charge in [-0.3, -0.25) is 4.79 Å². The molecule has 0 aliphatic rings. The second-order valence-electron chi connectivity index (χ2n) is 4.45. The maximum Gasteiger partial charge on any atom is 0.251 e. The van der Waals surface area contributed by atoms with Crippen LogP contribution in [0.5, 0.6) is 0 Å². The Bertz CT molecular complexity index is 638. The predicted molar refractivity (Wildman–Crippen MR) is 76.4 cm³/mol. The van der Waals surface area contributed by atoms with Crippen molar-refractivity contribution in [1.82, 2.24) is 5.32 Å². The largest absolute Gasteiger partial charge is 0.348 e. The van der Waals surface area contributed by atoms with Crippen LogP contribution in [0.1, 0.15) is 21.5 Å². The fourth-order valence-corrected chi connectivity index (χ4v) is 2.41. The van der Waals surface area contributed by atoms with Gasteiger partial charge in [0.15, 0.2) is 11.6 Å². The number of rotatable bonds is 3. The first kappa shape index (κ1) is 14.7. The van der Waals surface area contributed by atoms with E-state index in [1.165, 1.54) is 6.07 Å². The molecule has 0 atom stereocenters. The number of aryl methyl sites for hydroxylation is 1. The summed E-state index contributed by atoms with van der Waals surface area (Å²) >= 11 is 3.32. The summed E-state index contributed by atoms with van der Waals surface area (Å²) in [6, 6.07) is 8.90. The molecule has 5 heteroatoms. The van der Waals surface area contributed by atoms with Crippen LogP contribution >= 0.6 is 15.9 Å². The van der Waals surface area contributed by atoms with Gasteiger partial charge in [0.05, 0.1) is 0 Å². The molecule has 1 N–H and O–H groups in total. The number of hydrogen-bond acceptors (Lipinski definition) is 1. The van der Waals surface area contributed by atoms with Crippen molar-refractivity contribution >= 4 is 21.8 Å². The highest BCUT2D eigenvalue weighted by Gasteiger charge is 2.08. The van der Waals surface area contributed by atoms with Crippen molar-refractivity contribution in [3.05, 3.63) is 69.2 Å². The lowest BCUT2D eigenvalue weighted by Crippen LogP contribution is -2.23. The predicted octanol–water partition coefficient (Wildman–Crippen LogP) is 3.97. The molecule has 0 saturated heterocycles. The Balaban J connectivity index is 2.06. The van der Waals surface area contributed by atoms with E-state index < -0.39 is 11.6 Å². The summed E-state index contributed by atoms with van der Waals surface area (Å²) < 4.78 is 26.6. The van der Waals surface area contributed by atoms with Gasteiger partial charge in [0, 0.05) is 16.6 Å². The van der Waals surface area contributed by atoms with Crippen LogP contribution in [-0.4, -0.2) is 5.91 Å². The summed E-state index contributed by atoms with van der Waals surface area (Å²) in [5, 5.41) is 2.67. The van der Waals surface area contributed by atoms with Crippen molar-refractivity contribution in [2.45, 2.75) is 13.5 Å². The molecule has 0 aliphatic carbocycles. The van der Waals surface area contributed by atoms with Crippen LogP contribution in [-0.2, 0) is 6.54 Å². The van der Waals surface area contributed by atoms with Gasteiger partial charge < -0.3 is 5.32 Å². The van der Waals surface area contributed by atoms with Crippen LogP contribution in [0.15, 0.2) is 40.9 Å². The Kier molecular flexibility index (Phi) is 4.49. The van der Waals surface area contributed by atoms with Crippen LogP contribution in [0, 0.1) is 18.6 Å². The van der Waals surface area contributed by atoms with Crippen molar-refractivity contribution in [1.29, 1.82) is 0 Å². The maximum atomic E-state index is 13.0. The normalized spacial score (nSPS) is 10.4. The number of halogens is 3. The van der Waals surface area contributed by atoms with Crippen LogP contribution in [0.2, 0.25) is 0 Å². The Hall–Kier alpha value is -1.75. The summed E-state index contributed by atoms with van der Waals surface area (Å²) in [5.74, 6) is -2.09. The van der Waals surface area contributed by atoms with E-state index in [0.29, 0.717) is 11.1 Å².